The second-order valence-corrected chi connectivity index (χ2v) is 11.0. The van der Waals surface area contributed by atoms with Crippen molar-refractivity contribution in [1.29, 1.82) is 5.26 Å². The molecule has 8 nitrogen and oxygen atoms in total. The minimum Gasteiger partial charge on any atom is -0.462 e. The Morgan fingerprint density at radius 1 is 1.21 bits per heavy atom. The molecule has 0 spiro atoms. The number of ether oxygens (including phenoxy) is 1. The van der Waals surface area contributed by atoms with Crippen molar-refractivity contribution in [3.63, 3.8) is 0 Å². The predicted octanol–water partition coefficient (Wildman–Crippen LogP) is 3.71. The zero-order valence-electron chi connectivity index (χ0n) is 18.2. The van der Waals surface area contributed by atoms with Crippen molar-refractivity contribution in [2.75, 3.05) is 25.0 Å². The summed E-state index contributed by atoms with van der Waals surface area (Å²) in [5, 5.41) is 14.6. The van der Waals surface area contributed by atoms with Crippen LogP contribution in [0, 0.1) is 17.2 Å². The van der Waals surface area contributed by atoms with E-state index in [9.17, 15) is 23.3 Å². The third kappa shape index (κ3) is 4.81. The molecule has 1 N–H and O–H groups in total. The fourth-order valence-corrected chi connectivity index (χ4v) is 6.71. The number of nitriles is 1. The van der Waals surface area contributed by atoms with E-state index in [4.69, 9.17) is 4.74 Å². The molecule has 0 unspecified atom stereocenters. The van der Waals surface area contributed by atoms with E-state index in [0.717, 1.165) is 18.4 Å². The van der Waals surface area contributed by atoms with Crippen LogP contribution in [0.3, 0.4) is 0 Å². The number of nitrogens with zero attached hydrogens (tertiary/aromatic N) is 2. The molecule has 0 radical (unpaired) electrons. The third-order valence-electron chi connectivity index (χ3n) is 6.00. The third-order valence-corrected chi connectivity index (χ3v) is 8.87. The molecule has 1 aliphatic heterocycles. The lowest BCUT2D eigenvalue weighted by molar-refractivity contribution is -0.120. The van der Waals surface area contributed by atoms with Crippen LogP contribution in [-0.4, -0.2) is 44.3 Å². The van der Waals surface area contributed by atoms with Gasteiger partial charge >= 0.3 is 5.97 Å². The van der Waals surface area contributed by atoms with Gasteiger partial charge in [0.1, 0.15) is 11.1 Å². The number of amides is 1. The molecule has 1 saturated heterocycles. The molecule has 1 aromatic heterocycles. The molecular formula is C23H25N3O5S2. The van der Waals surface area contributed by atoms with Gasteiger partial charge in [0.25, 0.3) is 0 Å². The SMILES string of the molecule is CCOC(=O)c1c(C2CC2)csc1NC(=O)C1CCN(S(=O)(=O)c2ccccc2C#N)CC1. The maximum absolute atomic E-state index is 13.0. The number of nitrogens with one attached hydrogen (secondary N) is 1. The van der Waals surface area contributed by atoms with E-state index in [-0.39, 0.29) is 42.0 Å². The Morgan fingerprint density at radius 3 is 2.55 bits per heavy atom. The first-order chi connectivity index (χ1) is 15.9. The largest absolute Gasteiger partial charge is 0.462 e. The number of benzene rings is 1. The summed E-state index contributed by atoms with van der Waals surface area (Å²) >= 11 is 1.33. The Hall–Kier alpha value is -2.74. The average Bonchev–Trinajstić information content (AvgIpc) is 3.59. The van der Waals surface area contributed by atoms with Crippen LogP contribution in [-0.2, 0) is 19.6 Å². The molecule has 2 heterocycles. The molecule has 1 saturated carbocycles. The van der Waals surface area contributed by atoms with Crippen molar-refractivity contribution < 1.29 is 22.7 Å². The summed E-state index contributed by atoms with van der Waals surface area (Å²) in [6.45, 7) is 2.37. The molecule has 4 rings (SSSR count). The summed E-state index contributed by atoms with van der Waals surface area (Å²) in [6, 6.07) is 8.04. The molecule has 2 fully saturated rings. The van der Waals surface area contributed by atoms with Gasteiger partial charge in [-0.1, -0.05) is 12.1 Å². The van der Waals surface area contributed by atoms with Crippen LogP contribution in [0.4, 0.5) is 5.00 Å². The summed E-state index contributed by atoms with van der Waals surface area (Å²) in [5.41, 5.74) is 1.49. The monoisotopic (exact) mass is 487 g/mol. The number of rotatable bonds is 7. The maximum atomic E-state index is 13.0. The molecule has 2 aromatic rings. The van der Waals surface area contributed by atoms with Gasteiger partial charge in [0.05, 0.1) is 22.6 Å². The van der Waals surface area contributed by atoms with Crippen LogP contribution in [0.5, 0.6) is 0 Å². The molecule has 0 bridgehead atoms. The van der Waals surface area contributed by atoms with E-state index in [1.54, 1.807) is 19.1 Å². The van der Waals surface area contributed by atoms with Crippen LogP contribution in [0.15, 0.2) is 34.5 Å². The number of piperidine rings is 1. The minimum absolute atomic E-state index is 0.0133. The number of hydrogen-bond donors (Lipinski definition) is 1. The smallest absolute Gasteiger partial charge is 0.341 e. The number of carbonyl (C=O) groups excluding carboxylic acids is 2. The molecule has 1 aromatic carbocycles. The second-order valence-electron chi connectivity index (χ2n) is 8.17. The Kier molecular flexibility index (Phi) is 6.83. The quantitative estimate of drug-likeness (QED) is 0.595. The van der Waals surface area contributed by atoms with E-state index in [1.165, 1.54) is 27.8 Å². The van der Waals surface area contributed by atoms with E-state index in [0.29, 0.717) is 29.3 Å². The van der Waals surface area contributed by atoms with Crippen molar-refractivity contribution in [3.8, 4) is 6.07 Å². The van der Waals surface area contributed by atoms with Crippen molar-refractivity contribution in [2.45, 2.75) is 43.4 Å². The lowest BCUT2D eigenvalue weighted by Crippen LogP contribution is -2.41. The topological polar surface area (TPSA) is 117 Å². The highest BCUT2D eigenvalue weighted by atomic mass is 32.2. The van der Waals surface area contributed by atoms with Gasteiger partial charge in [-0.2, -0.15) is 9.57 Å². The van der Waals surface area contributed by atoms with Gasteiger partial charge in [-0.15, -0.1) is 11.3 Å². The number of thiophene rings is 1. The zero-order valence-corrected chi connectivity index (χ0v) is 19.9. The zero-order chi connectivity index (χ0) is 23.6. The van der Waals surface area contributed by atoms with Crippen LogP contribution >= 0.6 is 11.3 Å². The van der Waals surface area contributed by atoms with Crippen molar-refractivity contribution in [1.82, 2.24) is 4.31 Å². The number of carbonyl (C=O) groups is 2. The normalized spacial score (nSPS) is 17.3. The number of hydrogen-bond acceptors (Lipinski definition) is 7. The van der Waals surface area contributed by atoms with Crippen molar-refractivity contribution in [3.05, 3.63) is 46.3 Å². The molecule has 10 heteroatoms. The predicted molar refractivity (Wildman–Crippen MR) is 124 cm³/mol. The fraction of sp³-hybridized carbons (Fsp3) is 0.435. The molecule has 1 aliphatic carbocycles. The molecule has 1 amide bonds. The molecular weight excluding hydrogens is 462 g/mol. The van der Waals surface area contributed by atoms with Gasteiger partial charge in [0.15, 0.2) is 0 Å². The summed E-state index contributed by atoms with van der Waals surface area (Å²) in [4.78, 5) is 25.5. The first kappa shape index (κ1) is 23.4. The first-order valence-corrected chi connectivity index (χ1v) is 13.3. The van der Waals surface area contributed by atoms with Crippen LogP contribution in [0.2, 0.25) is 0 Å². The molecule has 33 heavy (non-hydrogen) atoms. The standard InChI is InChI=1S/C23H25N3O5S2/c1-2-31-23(28)20-18(15-7-8-15)14-32-22(20)25-21(27)16-9-11-26(12-10-16)33(29,30)19-6-4-3-5-17(19)13-24/h3-6,14-16H,2,7-12H2,1H3,(H,25,27). The second kappa shape index (κ2) is 9.63. The highest BCUT2D eigenvalue weighted by Gasteiger charge is 2.35. The summed E-state index contributed by atoms with van der Waals surface area (Å²) in [5.74, 6) is -0.674. The van der Waals surface area contributed by atoms with E-state index in [1.807, 2.05) is 11.4 Å². The average molecular weight is 488 g/mol. The summed E-state index contributed by atoms with van der Waals surface area (Å²) < 4.78 is 32.6. The Balaban J connectivity index is 1.43. The lowest BCUT2D eigenvalue weighted by Gasteiger charge is -2.30. The Labute approximate surface area is 197 Å². The van der Waals surface area contributed by atoms with E-state index < -0.39 is 16.0 Å². The minimum atomic E-state index is -3.82. The van der Waals surface area contributed by atoms with Crippen molar-refractivity contribution >= 4 is 38.2 Å². The summed E-state index contributed by atoms with van der Waals surface area (Å²) in [7, 11) is -3.82. The summed E-state index contributed by atoms with van der Waals surface area (Å²) in [6.07, 6.45) is 2.77. The fourth-order valence-electron chi connectivity index (χ4n) is 4.07. The van der Waals surface area contributed by atoms with Gasteiger partial charge < -0.3 is 10.1 Å². The van der Waals surface area contributed by atoms with Crippen LogP contribution < -0.4 is 5.32 Å². The molecule has 2 aliphatic rings. The Bertz CT molecular complexity index is 1200. The maximum Gasteiger partial charge on any atom is 0.341 e. The van der Waals surface area contributed by atoms with E-state index >= 15 is 0 Å². The molecule has 0 atom stereocenters. The van der Waals surface area contributed by atoms with Gasteiger partial charge in [0, 0.05) is 19.0 Å². The number of esters is 1. The van der Waals surface area contributed by atoms with Gasteiger partial charge in [0.2, 0.25) is 15.9 Å². The first-order valence-electron chi connectivity index (χ1n) is 11.0. The van der Waals surface area contributed by atoms with Gasteiger partial charge in [-0.05, 0) is 61.6 Å². The number of anilines is 1. The lowest BCUT2D eigenvalue weighted by atomic mass is 9.97. The van der Waals surface area contributed by atoms with Gasteiger partial charge in [-0.3, -0.25) is 4.79 Å². The number of sulfonamides is 1. The highest BCUT2D eigenvalue weighted by Crippen LogP contribution is 2.46. The molecule has 174 valence electrons. The van der Waals surface area contributed by atoms with Crippen LogP contribution in [0.1, 0.15) is 60.0 Å². The van der Waals surface area contributed by atoms with Gasteiger partial charge in [-0.25, -0.2) is 13.2 Å². The highest BCUT2D eigenvalue weighted by molar-refractivity contribution is 7.89. The van der Waals surface area contributed by atoms with Crippen molar-refractivity contribution in [2.24, 2.45) is 5.92 Å². The Morgan fingerprint density at radius 2 is 1.91 bits per heavy atom. The van der Waals surface area contributed by atoms with E-state index in [2.05, 4.69) is 5.32 Å². The van der Waals surface area contributed by atoms with Crippen LogP contribution in [0.25, 0.3) is 0 Å².